The maximum absolute atomic E-state index is 4.79. The zero-order chi connectivity index (χ0) is 23.9. The molecule has 1 atom stereocenters. The molecule has 3 N–H and O–H groups in total. The van der Waals surface area contributed by atoms with E-state index in [1.165, 1.54) is 0 Å². The molecule has 4 aliphatic heterocycles. The molecular formula is C30H22N6. The van der Waals surface area contributed by atoms with Crippen LogP contribution in [0.3, 0.4) is 0 Å². The predicted octanol–water partition coefficient (Wildman–Crippen LogP) is 2.07. The molecule has 0 saturated carbocycles. The lowest BCUT2D eigenvalue weighted by molar-refractivity contribution is 1.04. The lowest BCUT2D eigenvalue weighted by Gasteiger charge is -1.97. The second-order valence-corrected chi connectivity index (χ2v) is 8.99. The third-order valence-corrected chi connectivity index (χ3v) is 6.19. The van der Waals surface area contributed by atoms with Gasteiger partial charge in [-0.25, -0.2) is 9.98 Å². The quantitative estimate of drug-likeness (QED) is 0.453. The van der Waals surface area contributed by atoms with E-state index in [9.17, 15) is 0 Å². The van der Waals surface area contributed by atoms with E-state index in [4.69, 9.17) is 15.0 Å². The van der Waals surface area contributed by atoms with Gasteiger partial charge in [-0.1, -0.05) is 6.08 Å². The first-order valence-electron chi connectivity index (χ1n) is 11.9. The highest BCUT2D eigenvalue weighted by Gasteiger charge is 2.11. The van der Waals surface area contributed by atoms with Crippen molar-refractivity contribution in [3.05, 3.63) is 129 Å². The number of nitrogens with one attached hydrogen (secondary N) is 3. The molecule has 3 aromatic rings. The van der Waals surface area contributed by atoms with Crippen LogP contribution in [0.25, 0.3) is 24.3 Å². The van der Waals surface area contributed by atoms with E-state index in [0.29, 0.717) is 0 Å². The van der Waals surface area contributed by atoms with Gasteiger partial charge in [0.15, 0.2) is 0 Å². The minimum atomic E-state index is -0.0310. The van der Waals surface area contributed by atoms with E-state index in [1.807, 2.05) is 48.6 Å². The zero-order valence-corrected chi connectivity index (χ0v) is 19.3. The molecule has 0 aromatic carbocycles. The number of allylic oxidation sites excluding steroid dienone is 6. The van der Waals surface area contributed by atoms with E-state index in [0.717, 1.165) is 61.3 Å². The number of aliphatic imine (C=N–C) groups is 3. The minimum absolute atomic E-state index is 0.0310. The first-order valence-corrected chi connectivity index (χ1v) is 11.9. The van der Waals surface area contributed by atoms with Gasteiger partial charge in [0.05, 0.1) is 34.6 Å². The van der Waals surface area contributed by atoms with E-state index in [-0.39, 0.29) is 6.04 Å². The fourth-order valence-electron chi connectivity index (χ4n) is 4.53. The van der Waals surface area contributed by atoms with Gasteiger partial charge < -0.3 is 15.0 Å². The number of aromatic amines is 3. The number of nitrogens with zero attached hydrogens (tertiary/aromatic N) is 3. The van der Waals surface area contributed by atoms with Crippen molar-refractivity contribution >= 4 is 41.4 Å². The molecule has 7 heterocycles. The fourth-order valence-corrected chi connectivity index (χ4v) is 4.53. The van der Waals surface area contributed by atoms with Gasteiger partial charge in [-0.15, -0.1) is 0 Å². The molecule has 12 bridgehead atoms. The third-order valence-electron chi connectivity index (χ3n) is 6.19. The van der Waals surface area contributed by atoms with Crippen LogP contribution in [0.2, 0.25) is 0 Å². The van der Waals surface area contributed by atoms with Crippen molar-refractivity contribution in [3.63, 3.8) is 0 Å². The molecule has 6 heteroatoms. The molecule has 0 radical (unpaired) electrons. The normalized spacial score (nSPS) is 23.0. The van der Waals surface area contributed by atoms with Crippen LogP contribution in [0, 0.1) is 0 Å². The molecular weight excluding hydrogens is 444 g/mol. The van der Waals surface area contributed by atoms with Crippen molar-refractivity contribution in [1.82, 2.24) is 15.0 Å². The average molecular weight is 467 g/mol. The third kappa shape index (κ3) is 4.28. The Morgan fingerprint density at radius 2 is 1.08 bits per heavy atom. The monoisotopic (exact) mass is 466 g/mol. The molecule has 1 unspecified atom stereocenters. The van der Waals surface area contributed by atoms with Gasteiger partial charge in [-0.05, 0) is 103 Å². The minimum Gasteiger partial charge on any atom is -0.355 e. The predicted molar refractivity (Wildman–Crippen MR) is 147 cm³/mol. The van der Waals surface area contributed by atoms with E-state index in [1.54, 1.807) is 0 Å². The maximum atomic E-state index is 4.79. The van der Waals surface area contributed by atoms with Crippen LogP contribution < -0.4 is 21.4 Å². The van der Waals surface area contributed by atoms with Gasteiger partial charge >= 0.3 is 0 Å². The fraction of sp³-hybridized carbons (Fsp3) is 0.0333. The highest BCUT2D eigenvalue weighted by Crippen LogP contribution is 2.17. The van der Waals surface area contributed by atoms with Crippen LogP contribution in [0.15, 0.2) is 111 Å². The summed E-state index contributed by atoms with van der Waals surface area (Å²) in [5.41, 5.74) is 6.58. The molecule has 7 rings (SSSR count). The number of hydrogen-bond donors (Lipinski definition) is 3. The molecule has 6 nitrogen and oxygen atoms in total. The smallest absolute Gasteiger partial charge is 0.0895 e. The lowest BCUT2D eigenvalue weighted by atomic mass is 10.2. The largest absolute Gasteiger partial charge is 0.355 e. The number of hydrogen-bond acceptors (Lipinski definition) is 3. The number of H-pyrrole nitrogens is 3. The summed E-state index contributed by atoms with van der Waals surface area (Å²) in [6.07, 6.45) is 24.6. The van der Waals surface area contributed by atoms with Gasteiger partial charge in [-0.3, -0.25) is 4.99 Å². The maximum Gasteiger partial charge on any atom is 0.0895 e. The van der Waals surface area contributed by atoms with Gasteiger partial charge in [0, 0.05) is 32.8 Å². The summed E-state index contributed by atoms with van der Waals surface area (Å²) >= 11 is 0. The average Bonchev–Trinajstić information content (AvgIpc) is 3.68. The zero-order valence-electron chi connectivity index (χ0n) is 19.3. The van der Waals surface area contributed by atoms with Crippen LogP contribution in [-0.4, -0.2) is 38.1 Å². The van der Waals surface area contributed by atoms with Crippen molar-refractivity contribution < 1.29 is 0 Å². The van der Waals surface area contributed by atoms with Crippen molar-refractivity contribution in [2.45, 2.75) is 6.04 Å². The first kappa shape index (κ1) is 20.4. The molecule has 0 fully saturated rings. The number of rotatable bonds is 0. The summed E-state index contributed by atoms with van der Waals surface area (Å²) in [5, 5.41) is 4.05. The van der Waals surface area contributed by atoms with E-state index < -0.39 is 0 Å². The Bertz CT molecular complexity index is 1890. The van der Waals surface area contributed by atoms with Crippen LogP contribution in [0.4, 0.5) is 0 Å². The van der Waals surface area contributed by atoms with Gasteiger partial charge in [-0.2, -0.15) is 0 Å². The Morgan fingerprint density at radius 3 is 1.75 bits per heavy atom. The molecule has 3 aromatic heterocycles. The molecule has 0 spiro atoms. The van der Waals surface area contributed by atoms with E-state index >= 15 is 0 Å². The molecule has 4 aliphatic rings. The molecule has 0 saturated heterocycles. The highest BCUT2D eigenvalue weighted by atomic mass is 14.8. The summed E-state index contributed by atoms with van der Waals surface area (Å²) in [7, 11) is 0. The lowest BCUT2D eigenvalue weighted by Crippen LogP contribution is -2.11. The Hall–Kier alpha value is -4.97. The summed E-state index contributed by atoms with van der Waals surface area (Å²) < 4.78 is 0. The van der Waals surface area contributed by atoms with Gasteiger partial charge in [0.2, 0.25) is 0 Å². The Morgan fingerprint density at radius 1 is 0.500 bits per heavy atom. The van der Waals surface area contributed by atoms with Crippen molar-refractivity contribution in [2.24, 2.45) is 15.0 Å². The summed E-state index contributed by atoms with van der Waals surface area (Å²) in [6.45, 7) is 0. The van der Waals surface area contributed by atoms with Crippen LogP contribution in [-0.2, 0) is 0 Å². The number of fused-ring (bicyclic) bond motifs is 9. The summed E-state index contributed by atoms with van der Waals surface area (Å²) in [5.74, 6) is 0. The standard InChI is InChI=1S/C30H22N6/c1-2-20-14-22-5-6-24(33-22)16-26-9-10-28(35-26)18-30-12-11-29(36-30)17-27-8-7-25(34-27)15-23-4-3-21(32-23)13-19(1)31-20/h1-19,34-36H/b21-13-,22-14?,25-15+,26-16?,27-17-,28-18?. The van der Waals surface area contributed by atoms with Crippen molar-refractivity contribution in [3.8, 4) is 0 Å². The molecule has 0 aliphatic carbocycles. The van der Waals surface area contributed by atoms with Crippen molar-refractivity contribution in [1.29, 1.82) is 0 Å². The Labute approximate surface area is 206 Å². The Balaban J connectivity index is 1.33. The first-order chi connectivity index (χ1) is 17.7. The van der Waals surface area contributed by atoms with Crippen LogP contribution in [0.1, 0.15) is 11.4 Å². The van der Waals surface area contributed by atoms with Crippen molar-refractivity contribution in [2.75, 3.05) is 0 Å². The summed E-state index contributed by atoms with van der Waals surface area (Å²) in [4.78, 5) is 24.6. The molecule has 172 valence electrons. The Kier molecular flexibility index (Phi) is 4.74. The summed E-state index contributed by atoms with van der Waals surface area (Å²) in [6, 6.07) is 12.4. The van der Waals surface area contributed by atoms with Gasteiger partial charge in [0.25, 0.3) is 0 Å². The van der Waals surface area contributed by atoms with Gasteiger partial charge in [0.1, 0.15) is 0 Å². The number of aromatic nitrogens is 3. The highest BCUT2D eigenvalue weighted by molar-refractivity contribution is 6.20. The second kappa shape index (κ2) is 8.36. The van der Waals surface area contributed by atoms with Crippen LogP contribution >= 0.6 is 0 Å². The molecule has 0 amide bonds. The topological polar surface area (TPSA) is 84.4 Å². The molecule has 36 heavy (non-hydrogen) atoms. The second-order valence-electron chi connectivity index (χ2n) is 8.99. The van der Waals surface area contributed by atoms with E-state index in [2.05, 4.69) is 75.7 Å². The van der Waals surface area contributed by atoms with Crippen LogP contribution in [0.5, 0.6) is 0 Å². The SMILES string of the molecule is C1=CC2=NC1=CC1=NC(C=C1)/C=C1/C=CC(=N1)/C=c1\cc/c([nH]1)=C/c1ccc([nH]1)C=c1ccc([nH]1)=C2.